The van der Waals surface area contributed by atoms with E-state index < -0.39 is 5.97 Å². The summed E-state index contributed by atoms with van der Waals surface area (Å²) >= 11 is 0. The third-order valence-corrected chi connectivity index (χ3v) is 6.51. The number of esters is 1. The van der Waals surface area contributed by atoms with Gasteiger partial charge in [0.2, 0.25) is 11.8 Å². The molecule has 6 nitrogen and oxygen atoms in total. The van der Waals surface area contributed by atoms with E-state index in [0.29, 0.717) is 29.6 Å². The number of likely N-dealkylation sites (tertiary alicyclic amines) is 1. The number of nitrogens with zero attached hydrogens (tertiary/aromatic N) is 1. The van der Waals surface area contributed by atoms with Gasteiger partial charge in [0.05, 0.1) is 18.6 Å². The number of ether oxygens (including phenoxy) is 1. The number of methoxy groups -OCH3 is 1. The van der Waals surface area contributed by atoms with Crippen molar-refractivity contribution in [3.63, 3.8) is 0 Å². The summed E-state index contributed by atoms with van der Waals surface area (Å²) in [5.74, 6) is 0.154. The van der Waals surface area contributed by atoms with Crippen molar-refractivity contribution in [2.75, 3.05) is 19.0 Å². The number of carbonyl (C=O) groups excluding carboxylic acids is 3. The van der Waals surface area contributed by atoms with E-state index in [2.05, 4.69) is 19.2 Å². The average molecular weight is 386 g/mol. The Hall–Kier alpha value is -2.37. The first-order valence-corrected chi connectivity index (χ1v) is 10.1. The lowest BCUT2D eigenvalue weighted by Gasteiger charge is -2.40. The van der Waals surface area contributed by atoms with E-state index in [1.807, 2.05) is 11.8 Å². The lowest BCUT2D eigenvalue weighted by Crippen LogP contribution is -2.45. The first-order chi connectivity index (χ1) is 13.3. The van der Waals surface area contributed by atoms with Crippen LogP contribution in [-0.2, 0) is 14.3 Å². The first-order valence-electron chi connectivity index (χ1n) is 10.1. The van der Waals surface area contributed by atoms with Gasteiger partial charge < -0.3 is 15.0 Å². The standard InChI is InChI=1S/C22H30N2O4/c1-13-6-5-7-19(15(13)3)24-12-17(11-20(24)25)21(26)23-18-10-16(22(27)28-4)9-8-14(18)2/h8-10,13,15,17,19H,5-7,11-12H2,1-4H3,(H,23,26)/t13-,15+,17-,19-/m1/s1. The number of benzene rings is 1. The van der Waals surface area contributed by atoms with Crippen LogP contribution in [0.4, 0.5) is 5.69 Å². The quantitative estimate of drug-likeness (QED) is 0.805. The Morgan fingerprint density at radius 1 is 1.21 bits per heavy atom. The number of anilines is 1. The maximum atomic E-state index is 12.8. The molecule has 2 aliphatic rings. The highest BCUT2D eigenvalue weighted by atomic mass is 16.5. The van der Waals surface area contributed by atoms with Crippen molar-refractivity contribution < 1.29 is 19.1 Å². The van der Waals surface area contributed by atoms with Gasteiger partial charge in [0.25, 0.3) is 0 Å². The number of aryl methyl sites for hydroxylation is 1. The van der Waals surface area contributed by atoms with E-state index in [0.717, 1.165) is 18.4 Å². The smallest absolute Gasteiger partial charge is 0.337 e. The molecule has 4 atom stereocenters. The molecule has 1 heterocycles. The summed E-state index contributed by atoms with van der Waals surface area (Å²) in [7, 11) is 1.33. The fraction of sp³-hybridized carbons (Fsp3) is 0.591. The molecular weight excluding hydrogens is 356 g/mol. The van der Waals surface area contributed by atoms with E-state index in [1.165, 1.54) is 13.5 Å². The van der Waals surface area contributed by atoms with Crippen LogP contribution in [0.15, 0.2) is 18.2 Å². The molecule has 2 fully saturated rings. The lowest BCUT2D eigenvalue weighted by molar-refractivity contribution is -0.131. The Labute approximate surface area is 166 Å². The van der Waals surface area contributed by atoms with Crippen LogP contribution in [0, 0.1) is 24.7 Å². The Morgan fingerprint density at radius 3 is 2.68 bits per heavy atom. The molecule has 1 N–H and O–H groups in total. The van der Waals surface area contributed by atoms with Crippen molar-refractivity contribution in [1.29, 1.82) is 0 Å². The van der Waals surface area contributed by atoms with Crippen LogP contribution < -0.4 is 5.32 Å². The number of hydrogen-bond donors (Lipinski definition) is 1. The summed E-state index contributed by atoms with van der Waals surface area (Å²) < 4.78 is 4.75. The summed E-state index contributed by atoms with van der Waals surface area (Å²) in [5, 5.41) is 2.91. The highest BCUT2D eigenvalue weighted by Crippen LogP contribution is 2.36. The van der Waals surface area contributed by atoms with Crippen LogP contribution in [0.5, 0.6) is 0 Å². The van der Waals surface area contributed by atoms with Crippen LogP contribution in [0.2, 0.25) is 0 Å². The molecule has 0 radical (unpaired) electrons. The monoisotopic (exact) mass is 386 g/mol. The number of nitrogens with one attached hydrogen (secondary N) is 1. The molecule has 1 saturated heterocycles. The van der Waals surface area contributed by atoms with Gasteiger partial charge in [-0.3, -0.25) is 9.59 Å². The minimum absolute atomic E-state index is 0.0751. The van der Waals surface area contributed by atoms with Gasteiger partial charge in [0.1, 0.15) is 0 Å². The highest BCUT2D eigenvalue weighted by molar-refractivity contribution is 5.99. The Balaban J connectivity index is 1.69. The second-order valence-electron chi connectivity index (χ2n) is 8.29. The zero-order valence-electron chi connectivity index (χ0n) is 17.2. The second kappa shape index (κ2) is 8.33. The molecule has 0 aromatic heterocycles. The fourth-order valence-corrected chi connectivity index (χ4v) is 4.46. The van der Waals surface area contributed by atoms with Crippen molar-refractivity contribution in [2.24, 2.45) is 17.8 Å². The lowest BCUT2D eigenvalue weighted by atomic mass is 9.77. The molecule has 3 rings (SSSR count). The number of amides is 2. The molecule has 28 heavy (non-hydrogen) atoms. The maximum absolute atomic E-state index is 12.8. The minimum atomic E-state index is -0.446. The molecule has 1 aromatic rings. The van der Waals surface area contributed by atoms with Crippen LogP contribution in [0.1, 0.15) is 55.5 Å². The summed E-state index contributed by atoms with van der Waals surface area (Å²) in [6.45, 7) is 6.81. The molecule has 1 aliphatic heterocycles. The van der Waals surface area contributed by atoms with E-state index >= 15 is 0 Å². The van der Waals surface area contributed by atoms with E-state index in [9.17, 15) is 14.4 Å². The van der Waals surface area contributed by atoms with Gasteiger partial charge in [0.15, 0.2) is 0 Å². The van der Waals surface area contributed by atoms with Gasteiger partial charge in [-0.1, -0.05) is 32.8 Å². The number of rotatable bonds is 4. The molecule has 1 aromatic carbocycles. The number of hydrogen-bond acceptors (Lipinski definition) is 4. The topological polar surface area (TPSA) is 75.7 Å². The number of carbonyl (C=O) groups is 3. The Morgan fingerprint density at radius 2 is 1.96 bits per heavy atom. The van der Waals surface area contributed by atoms with Gasteiger partial charge in [-0.15, -0.1) is 0 Å². The average Bonchev–Trinajstić information content (AvgIpc) is 3.06. The first kappa shape index (κ1) is 20.4. The normalized spacial score (nSPS) is 27.6. The maximum Gasteiger partial charge on any atom is 0.337 e. The largest absolute Gasteiger partial charge is 0.465 e. The van der Waals surface area contributed by atoms with Crippen LogP contribution >= 0.6 is 0 Å². The van der Waals surface area contributed by atoms with Gasteiger partial charge in [-0.2, -0.15) is 0 Å². The SMILES string of the molecule is COC(=O)c1ccc(C)c(NC(=O)[C@@H]2CC(=O)N([C@@H]3CCC[C@@H](C)[C@@H]3C)C2)c1. The Kier molecular flexibility index (Phi) is 6.06. The molecule has 1 saturated carbocycles. The summed E-state index contributed by atoms with van der Waals surface area (Å²) in [4.78, 5) is 39.1. The van der Waals surface area contributed by atoms with Gasteiger partial charge >= 0.3 is 5.97 Å². The summed E-state index contributed by atoms with van der Waals surface area (Å²) in [6.07, 6.45) is 3.61. The second-order valence-corrected chi connectivity index (χ2v) is 8.29. The predicted octanol–water partition coefficient (Wildman–Crippen LogP) is 3.39. The third kappa shape index (κ3) is 4.05. The predicted molar refractivity (Wildman–Crippen MR) is 107 cm³/mol. The molecular formula is C22H30N2O4. The van der Waals surface area contributed by atoms with Gasteiger partial charge in [-0.25, -0.2) is 4.79 Å². The van der Waals surface area contributed by atoms with E-state index in [4.69, 9.17) is 4.74 Å². The molecule has 1 aliphatic carbocycles. The molecule has 0 unspecified atom stereocenters. The van der Waals surface area contributed by atoms with Crippen molar-refractivity contribution in [3.05, 3.63) is 29.3 Å². The molecule has 152 valence electrons. The van der Waals surface area contributed by atoms with Crippen LogP contribution in [0.25, 0.3) is 0 Å². The van der Waals surface area contributed by atoms with Gasteiger partial charge in [-0.05, 0) is 42.9 Å². The zero-order chi connectivity index (χ0) is 20.4. The van der Waals surface area contributed by atoms with Gasteiger partial charge in [0, 0.05) is 24.7 Å². The minimum Gasteiger partial charge on any atom is -0.465 e. The summed E-state index contributed by atoms with van der Waals surface area (Å²) in [6, 6.07) is 5.30. The van der Waals surface area contributed by atoms with Crippen molar-refractivity contribution in [3.8, 4) is 0 Å². The van der Waals surface area contributed by atoms with Crippen molar-refractivity contribution in [1.82, 2.24) is 4.90 Å². The van der Waals surface area contributed by atoms with E-state index in [-0.39, 0.29) is 30.2 Å². The third-order valence-electron chi connectivity index (χ3n) is 6.51. The summed E-state index contributed by atoms with van der Waals surface area (Å²) in [5.41, 5.74) is 1.83. The van der Waals surface area contributed by atoms with Crippen molar-refractivity contribution >= 4 is 23.5 Å². The van der Waals surface area contributed by atoms with E-state index in [1.54, 1.807) is 18.2 Å². The molecule has 6 heteroatoms. The molecule has 0 spiro atoms. The fourth-order valence-electron chi connectivity index (χ4n) is 4.46. The molecule has 2 amide bonds. The Bertz CT molecular complexity index is 776. The van der Waals surface area contributed by atoms with Crippen LogP contribution in [-0.4, -0.2) is 42.4 Å². The zero-order valence-corrected chi connectivity index (χ0v) is 17.2. The highest BCUT2D eigenvalue weighted by Gasteiger charge is 2.41. The van der Waals surface area contributed by atoms with Crippen LogP contribution in [0.3, 0.4) is 0 Å². The van der Waals surface area contributed by atoms with Crippen molar-refractivity contribution in [2.45, 2.75) is 52.5 Å². The molecule has 0 bridgehead atoms.